The van der Waals surface area contributed by atoms with Crippen LogP contribution in [0, 0.1) is 35.5 Å². The smallest absolute Gasteiger partial charge is 0.407 e. The molecule has 1 saturated carbocycles. The number of nitrogens with two attached hydrogens (primary N) is 2. The minimum Gasteiger partial charge on any atom is -0.445 e. The number of urea groups is 1. The van der Waals surface area contributed by atoms with Crippen molar-refractivity contribution in [1.82, 2.24) is 26.3 Å². The number of alkyl carbamates (subject to hydrolysis) is 1. The van der Waals surface area contributed by atoms with Gasteiger partial charge in [0.1, 0.15) is 36.3 Å². The molecule has 1 aliphatic carbocycles. The van der Waals surface area contributed by atoms with Crippen LogP contribution in [0.4, 0.5) is 15.3 Å². The van der Waals surface area contributed by atoms with E-state index in [4.69, 9.17) is 82.7 Å². The Morgan fingerprint density at radius 1 is 0.692 bits per heavy atom. The quantitative estimate of drug-likeness (QED) is 0.0111. The van der Waals surface area contributed by atoms with E-state index in [1.165, 1.54) is 6.21 Å². The molecule has 5 unspecified atom stereocenters. The maximum atomic E-state index is 14.4. The van der Waals surface area contributed by atoms with Gasteiger partial charge in [0.25, 0.3) is 11.8 Å². The molecule has 11 fully saturated rings. The number of carbonyl (C=O) groups excluding carboxylic acids is 9. The van der Waals surface area contributed by atoms with Crippen molar-refractivity contribution < 1.29 is 119 Å². The third kappa shape index (κ3) is 26.9. The topological polar surface area (TPSA) is 452 Å². The number of hydroxylamine groups is 2. The monoisotopic (exact) mass is 1650 g/mol. The molecule has 1 aromatic carbocycles. The molecule has 0 aromatic heterocycles. The molecule has 12 bridgehead atoms. The molecule has 117 heavy (non-hydrogen) atoms. The van der Waals surface area contributed by atoms with Crippen LogP contribution in [0.25, 0.3) is 0 Å². The van der Waals surface area contributed by atoms with Crippen LogP contribution < -0.4 is 38.2 Å². The Balaban J connectivity index is 0.557. The van der Waals surface area contributed by atoms with E-state index < -0.39 is 71.6 Å². The number of hydrogen-bond acceptors (Lipinski definition) is 28. The van der Waals surface area contributed by atoms with Crippen LogP contribution in [-0.4, -0.2) is 272 Å². The normalized spacial score (nSPS) is 31.0. The van der Waals surface area contributed by atoms with Crippen molar-refractivity contribution in [2.24, 2.45) is 57.2 Å². The van der Waals surface area contributed by atoms with Gasteiger partial charge in [0.2, 0.25) is 17.7 Å². The maximum Gasteiger partial charge on any atom is 0.407 e. The summed E-state index contributed by atoms with van der Waals surface area (Å²) in [7, 11) is 0. The number of aliphatic hydroxyl groups is 1. The zero-order valence-electron chi connectivity index (χ0n) is 68.1. The average molecular weight is 1650 g/mol. The minimum atomic E-state index is -1.10. The lowest BCUT2D eigenvalue weighted by atomic mass is 9.70. The molecule has 12 rings (SSSR count). The van der Waals surface area contributed by atoms with Gasteiger partial charge < -0.3 is 114 Å². The zero-order chi connectivity index (χ0) is 83.0. The molecule has 1 aromatic rings. The Labute approximate surface area is 683 Å². The molecule has 0 radical (unpaired) electrons. The summed E-state index contributed by atoms with van der Waals surface area (Å²) in [6, 6.07) is 3.69. The van der Waals surface area contributed by atoms with Gasteiger partial charge in [-0.2, -0.15) is 5.10 Å². The second-order valence-corrected chi connectivity index (χ2v) is 33.1. The molecule has 10 N–H and O–H groups in total. The van der Waals surface area contributed by atoms with Crippen molar-refractivity contribution in [3.63, 3.8) is 0 Å². The first-order chi connectivity index (χ1) is 56.4. The Morgan fingerprint density at radius 3 is 2.11 bits per heavy atom. The number of Topliss-reactive ketones (excluding diaryl/α,β-unsaturated/α-hetero) is 1. The van der Waals surface area contributed by atoms with E-state index in [9.17, 15) is 48.3 Å². The Hall–Kier alpha value is -7.23. The number of carbonyl (C=O) groups is 9. The SMILES string of the molecule is C=C1C[C@@H]2CC[C@@]34C[C@H]5O[C@@H]6C(C[C@H]7CC[C@H](CC(=O)C[C@@H]8C[C@@H](C[C@H](O)CNC(=O)OCc9ccc(NC(=O)C(CCCNC(N)=O)NC(=O)[C@@H](NC(=O)CCOCCOCCOCCN=CC(COCCOCCOCCC(=O)ON%10C(=O)CCC%10=O)=NN)C(C)C)cc9)O[C@H]8CC8O[C@@H](CC[C@@H]1O2)C[C@@H](C)C8C)OC7[C@@H]6O3)[C@H]5O4. The van der Waals surface area contributed by atoms with Crippen LogP contribution in [0.15, 0.2) is 46.5 Å². The van der Waals surface area contributed by atoms with Crippen molar-refractivity contribution in [1.29, 1.82) is 0 Å². The molecule has 35 heteroatoms. The predicted octanol–water partition coefficient (Wildman–Crippen LogP) is 4.61. The highest BCUT2D eigenvalue weighted by atomic mass is 16.8. The Bertz CT molecular complexity index is 3520. The van der Waals surface area contributed by atoms with E-state index in [0.29, 0.717) is 85.7 Å². The summed E-state index contributed by atoms with van der Waals surface area (Å²) in [5.74, 6) is 2.07. The number of hydrogen-bond donors (Lipinski definition) is 8. The highest BCUT2D eigenvalue weighted by Gasteiger charge is 2.68. The molecule has 10 saturated heterocycles. The number of primary amides is 1. The second kappa shape index (κ2) is 44.9. The van der Waals surface area contributed by atoms with Crippen molar-refractivity contribution in [2.75, 3.05) is 104 Å². The highest BCUT2D eigenvalue weighted by molar-refractivity contribution is 6.31. The molecule has 652 valence electrons. The van der Waals surface area contributed by atoms with E-state index in [-0.39, 0.29) is 240 Å². The van der Waals surface area contributed by atoms with Crippen LogP contribution >= 0.6 is 0 Å². The number of rotatable bonds is 41. The van der Waals surface area contributed by atoms with Crippen molar-refractivity contribution in [3.05, 3.63) is 42.0 Å². The summed E-state index contributed by atoms with van der Waals surface area (Å²) in [6.45, 7) is 15.2. The lowest BCUT2D eigenvalue weighted by Crippen LogP contribution is -2.56. The lowest BCUT2D eigenvalue weighted by molar-refractivity contribution is -0.281. The number of amides is 8. The predicted molar refractivity (Wildman–Crippen MR) is 419 cm³/mol. The number of nitrogens with one attached hydrogen (secondary N) is 5. The number of ether oxygens (including phenoxy) is 14. The number of fused-ring (bicyclic) bond motifs is 6. The summed E-state index contributed by atoms with van der Waals surface area (Å²) in [5.41, 5.74) is 7.78. The molecule has 10 aliphatic heterocycles. The number of nitrogens with zero attached hydrogens (tertiary/aromatic N) is 3. The van der Waals surface area contributed by atoms with Gasteiger partial charge in [-0.3, -0.25) is 33.8 Å². The van der Waals surface area contributed by atoms with Crippen molar-refractivity contribution in [2.45, 2.75) is 266 Å². The van der Waals surface area contributed by atoms with Gasteiger partial charge in [0.05, 0.1) is 165 Å². The third-order valence-corrected chi connectivity index (χ3v) is 24.0. The molecular weight excluding hydrogens is 1520 g/mol. The summed E-state index contributed by atoms with van der Waals surface area (Å²) < 4.78 is 87.0. The summed E-state index contributed by atoms with van der Waals surface area (Å²) in [5, 5.41) is 29.2. The molecule has 35 nitrogen and oxygen atoms in total. The standard InChI is InChI=1S/C82H124N10O25/c1-48(2)73(90-69(95)19-24-103-27-30-106-32-29-105-26-23-85-44-56(91-84)47-108-34-33-107-31-28-104-25-20-72(98)117-92-70(96)16-17-71(92)97)79(100)89-64(7-6-22-86-80(83)101)78(99)88-55-11-8-52(9-12-55)46-109-81(102)87-45-58(94)41-62-38-54-37-57(93)40-60-13-10-53-39-63-75-68-43-82(115-75,116-77(74(53)113-60)76(63)114-68)21-18-61-36-50(4)65(110-61)15-14-59-35-49(3)51(5)66(111-59)42-67(54)112-62/h8-9,11-12,44,48-49,51,53-54,58-68,73-77,94H,4,6-7,10,13-43,45-47,84H2,1-3,5H3,(H,87,102)(H,88,99)(H,89,100)(H,90,95)(H3,83,86,101)/t49-,51?,53-,54-,58+,59+,60-,61+,62+,63?,64?,65+,66?,67+,68-,73+,74?,75-,76-,77+,82+/m1/s1. The Morgan fingerprint density at radius 2 is 1.38 bits per heavy atom. The Kier molecular flexibility index (Phi) is 34.7. The van der Waals surface area contributed by atoms with Gasteiger partial charge in [-0.1, -0.05) is 46.4 Å². The third-order valence-electron chi connectivity index (χ3n) is 24.0. The number of anilines is 1. The molecule has 11 aliphatic rings. The average Bonchev–Trinajstić information content (AvgIpc) is 1.55. The largest absolute Gasteiger partial charge is 0.445 e. The number of ketones is 1. The fourth-order valence-corrected chi connectivity index (χ4v) is 17.7. The van der Waals surface area contributed by atoms with Gasteiger partial charge >= 0.3 is 18.1 Å². The fraction of sp³-hybridized carbons (Fsp3) is 0.768. The van der Waals surface area contributed by atoms with Gasteiger partial charge in [-0.25, -0.2) is 14.4 Å². The van der Waals surface area contributed by atoms with E-state index in [1.807, 2.05) is 0 Å². The first-order valence-corrected chi connectivity index (χ1v) is 42.2. The van der Waals surface area contributed by atoms with Crippen LogP contribution in [0.3, 0.4) is 0 Å². The van der Waals surface area contributed by atoms with E-state index >= 15 is 0 Å². The number of aliphatic imine (C=N–C) groups is 1. The van der Waals surface area contributed by atoms with Crippen molar-refractivity contribution in [3.8, 4) is 0 Å². The van der Waals surface area contributed by atoms with Crippen molar-refractivity contribution >= 4 is 71.0 Å². The molecule has 21 atom stereocenters. The summed E-state index contributed by atoms with van der Waals surface area (Å²) in [6.07, 6.45) is 8.64. The minimum absolute atomic E-state index is 0.000341. The lowest BCUT2D eigenvalue weighted by Gasteiger charge is -2.47. The second-order valence-electron chi connectivity index (χ2n) is 33.1. The van der Waals surface area contributed by atoms with Crippen LogP contribution in [0.5, 0.6) is 0 Å². The molecule has 10 heterocycles. The fourth-order valence-electron chi connectivity index (χ4n) is 17.7. The van der Waals surface area contributed by atoms with Gasteiger partial charge in [0, 0.05) is 88.7 Å². The van der Waals surface area contributed by atoms with E-state index in [2.05, 4.69) is 57.1 Å². The molecule has 1 spiro atoms. The van der Waals surface area contributed by atoms with Gasteiger partial charge in [-0.05, 0) is 123 Å². The number of imide groups is 1. The molecular formula is C82H124N10O25. The van der Waals surface area contributed by atoms with Gasteiger partial charge in [0.15, 0.2) is 5.79 Å². The first-order valence-electron chi connectivity index (χ1n) is 42.2. The first kappa shape index (κ1) is 90.5. The number of benzene rings is 1. The van der Waals surface area contributed by atoms with E-state index in [0.717, 1.165) is 56.9 Å². The van der Waals surface area contributed by atoms with Gasteiger partial charge in [-0.15, -0.1) is 5.06 Å². The number of hydrazone groups is 1. The van der Waals surface area contributed by atoms with Crippen LogP contribution in [-0.2, 0) is 111 Å². The number of aliphatic hydroxyl groups excluding tert-OH is 1. The molecule has 8 amide bonds. The summed E-state index contributed by atoms with van der Waals surface area (Å²) in [4.78, 5) is 124. The summed E-state index contributed by atoms with van der Waals surface area (Å²) >= 11 is 0. The highest BCUT2D eigenvalue weighted by Crippen LogP contribution is 2.58. The van der Waals surface area contributed by atoms with Crippen LogP contribution in [0.2, 0.25) is 0 Å². The zero-order valence-corrected chi connectivity index (χ0v) is 68.1. The maximum absolute atomic E-state index is 14.4. The van der Waals surface area contributed by atoms with E-state index in [1.54, 1.807) is 38.1 Å². The van der Waals surface area contributed by atoms with Crippen LogP contribution in [0.1, 0.15) is 168 Å².